The summed E-state index contributed by atoms with van der Waals surface area (Å²) >= 11 is 0. The second kappa shape index (κ2) is 6.68. The van der Waals surface area contributed by atoms with Gasteiger partial charge < -0.3 is 14.8 Å². The molecule has 0 radical (unpaired) electrons. The van der Waals surface area contributed by atoms with Crippen molar-refractivity contribution in [1.82, 2.24) is 19.8 Å². The van der Waals surface area contributed by atoms with Crippen LogP contribution >= 0.6 is 0 Å². The topological polar surface area (TPSA) is 33.1 Å². The summed E-state index contributed by atoms with van der Waals surface area (Å²) in [6.45, 7) is 3.33. The number of fused-ring (bicyclic) bond motifs is 1. The maximum Gasteiger partial charge on any atom is 0.0955 e. The molecule has 0 saturated carbocycles. The van der Waals surface area contributed by atoms with E-state index in [1.807, 2.05) is 20.4 Å². The van der Waals surface area contributed by atoms with Gasteiger partial charge in [0.05, 0.1) is 17.4 Å². The molecule has 0 spiro atoms. The van der Waals surface area contributed by atoms with Gasteiger partial charge in [-0.3, -0.25) is 0 Å². The first kappa shape index (κ1) is 14.0. The predicted octanol–water partition coefficient (Wildman–Crippen LogP) is 1.66. The average molecular weight is 260 g/mol. The van der Waals surface area contributed by atoms with Crippen molar-refractivity contribution in [3.8, 4) is 0 Å². The number of benzene rings is 1. The van der Waals surface area contributed by atoms with Gasteiger partial charge in [0.1, 0.15) is 0 Å². The highest BCUT2D eigenvalue weighted by Gasteiger charge is 2.03. The smallest absolute Gasteiger partial charge is 0.0955 e. The molecule has 0 aliphatic carbocycles. The predicted molar refractivity (Wildman–Crippen MR) is 80.5 cm³/mol. The van der Waals surface area contributed by atoms with E-state index in [-0.39, 0.29) is 0 Å². The number of hydrogen-bond acceptors (Lipinski definition) is 3. The summed E-state index contributed by atoms with van der Waals surface area (Å²) in [6, 6.07) is 6.58. The molecule has 104 valence electrons. The third kappa shape index (κ3) is 3.78. The van der Waals surface area contributed by atoms with Crippen LogP contribution in [-0.2, 0) is 13.5 Å². The minimum Gasteiger partial charge on any atom is -0.334 e. The first-order chi connectivity index (χ1) is 9.20. The van der Waals surface area contributed by atoms with Gasteiger partial charge >= 0.3 is 0 Å². The molecule has 4 heteroatoms. The summed E-state index contributed by atoms with van der Waals surface area (Å²) in [5, 5.41) is 3.18. The van der Waals surface area contributed by atoms with Crippen LogP contribution in [0.5, 0.6) is 0 Å². The molecule has 2 aromatic rings. The first-order valence-corrected chi connectivity index (χ1v) is 6.94. The van der Waals surface area contributed by atoms with Gasteiger partial charge in [-0.15, -0.1) is 0 Å². The molecule has 19 heavy (non-hydrogen) atoms. The lowest BCUT2D eigenvalue weighted by Crippen LogP contribution is -2.24. The molecule has 1 aromatic carbocycles. The molecule has 0 amide bonds. The minimum atomic E-state index is 1.09. The molecule has 0 fully saturated rings. The van der Waals surface area contributed by atoms with E-state index >= 15 is 0 Å². The summed E-state index contributed by atoms with van der Waals surface area (Å²) in [7, 11) is 6.22. The van der Waals surface area contributed by atoms with Crippen LogP contribution in [0.2, 0.25) is 0 Å². The number of rotatable bonds is 7. The molecule has 0 aliphatic heterocycles. The number of likely N-dealkylation sites (N-methyl/N-ethyl adjacent to an activating group) is 1. The zero-order valence-corrected chi connectivity index (χ0v) is 12.2. The van der Waals surface area contributed by atoms with E-state index in [9.17, 15) is 0 Å². The molecule has 1 aromatic heterocycles. The van der Waals surface area contributed by atoms with E-state index in [0.29, 0.717) is 0 Å². The standard InChI is InChI=1S/C15H24N4/c1-16-8-4-9-18(2)10-7-13-5-6-15-14(11-13)17-12-19(15)3/h5-6,11-12,16H,4,7-10H2,1-3H3. The Morgan fingerprint density at radius 3 is 2.95 bits per heavy atom. The van der Waals surface area contributed by atoms with Gasteiger partial charge in [0.25, 0.3) is 0 Å². The van der Waals surface area contributed by atoms with Crippen LogP contribution in [-0.4, -0.2) is 48.2 Å². The number of aromatic nitrogens is 2. The van der Waals surface area contributed by atoms with E-state index in [2.05, 4.69) is 45.0 Å². The van der Waals surface area contributed by atoms with Gasteiger partial charge in [-0.2, -0.15) is 0 Å². The van der Waals surface area contributed by atoms with Crippen LogP contribution in [0.25, 0.3) is 11.0 Å². The van der Waals surface area contributed by atoms with Crippen LogP contribution in [0, 0.1) is 0 Å². The first-order valence-electron chi connectivity index (χ1n) is 6.94. The second-order valence-corrected chi connectivity index (χ2v) is 5.19. The lowest BCUT2D eigenvalue weighted by molar-refractivity contribution is 0.332. The fourth-order valence-electron chi connectivity index (χ4n) is 2.29. The van der Waals surface area contributed by atoms with Crippen LogP contribution in [0.3, 0.4) is 0 Å². The van der Waals surface area contributed by atoms with E-state index in [4.69, 9.17) is 0 Å². The second-order valence-electron chi connectivity index (χ2n) is 5.19. The van der Waals surface area contributed by atoms with Gasteiger partial charge in [-0.25, -0.2) is 4.98 Å². The molecule has 4 nitrogen and oxygen atoms in total. The maximum atomic E-state index is 4.41. The number of imidazole rings is 1. The van der Waals surface area contributed by atoms with Crippen molar-refractivity contribution in [2.75, 3.05) is 33.7 Å². The van der Waals surface area contributed by atoms with Crippen LogP contribution < -0.4 is 5.32 Å². The van der Waals surface area contributed by atoms with Crippen molar-refractivity contribution in [1.29, 1.82) is 0 Å². The Morgan fingerprint density at radius 2 is 2.16 bits per heavy atom. The normalized spacial score (nSPS) is 11.6. The highest BCUT2D eigenvalue weighted by molar-refractivity contribution is 5.75. The average Bonchev–Trinajstić information content (AvgIpc) is 2.78. The summed E-state index contributed by atoms with van der Waals surface area (Å²) in [5.41, 5.74) is 3.66. The van der Waals surface area contributed by atoms with Crippen molar-refractivity contribution in [2.45, 2.75) is 12.8 Å². The number of nitrogens with one attached hydrogen (secondary N) is 1. The summed E-state index contributed by atoms with van der Waals surface area (Å²) in [5.74, 6) is 0. The van der Waals surface area contributed by atoms with E-state index in [1.165, 1.54) is 17.5 Å². The van der Waals surface area contributed by atoms with Crippen molar-refractivity contribution in [2.24, 2.45) is 7.05 Å². The number of aryl methyl sites for hydroxylation is 1. The van der Waals surface area contributed by atoms with Gasteiger partial charge in [0.2, 0.25) is 0 Å². The Hall–Kier alpha value is -1.39. The van der Waals surface area contributed by atoms with Gasteiger partial charge in [0.15, 0.2) is 0 Å². The molecule has 1 N–H and O–H groups in total. The summed E-state index contributed by atoms with van der Waals surface area (Å²) in [6.07, 6.45) is 4.16. The Morgan fingerprint density at radius 1 is 1.32 bits per heavy atom. The number of nitrogens with zero attached hydrogens (tertiary/aromatic N) is 3. The molecule has 2 rings (SSSR count). The Balaban J connectivity index is 1.87. The minimum absolute atomic E-state index is 1.09. The van der Waals surface area contributed by atoms with Crippen molar-refractivity contribution in [3.63, 3.8) is 0 Å². The molecule has 0 unspecified atom stereocenters. The molecule has 0 aliphatic rings. The Bertz CT molecular complexity index is 518. The molecule has 0 atom stereocenters. The van der Waals surface area contributed by atoms with Gasteiger partial charge in [0, 0.05) is 13.6 Å². The van der Waals surface area contributed by atoms with Crippen LogP contribution in [0.1, 0.15) is 12.0 Å². The van der Waals surface area contributed by atoms with Gasteiger partial charge in [-0.1, -0.05) is 6.07 Å². The molecule has 0 saturated heterocycles. The fraction of sp³-hybridized carbons (Fsp3) is 0.533. The Kier molecular flexibility index (Phi) is 4.93. The number of hydrogen-bond donors (Lipinski definition) is 1. The lowest BCUT2D eigenvalue weighted by Gasteiger charge is -2.16. The highest BCUT2D eigenvalue weighted by Crippen LogP contribution is 2.14. The fourth-order valence-corrected chi connectivity index (χ4v) is 2.29. The molecular weight excluding hydrogens is 236 g/mol. The lowest BCUT2D eigenvalue weighted by atomic mass is 10.1. The van der Waals surface area contributed by atoms with E-state index in [1.54, 1.807) is 0 Å². The monoisotopic (exact) mass is 260 g/mol. The maximum absolute atomic E-state index is 4.41. The molecule has 0 bridgehead atoms. The Labute approximate surface area is 115 Å². The van der Waals surface area contributed by atoms with Gasteiger partial charge in [-0.05, 0) is 57.7 Å². The molecule has 1 heterocycles. The zero-order chi connectivity index (χ0) is 13.7. The third-order valence-electron chi connectivity index (χ3n) is 3.54. The summed E-state index contributed by atoms with van der Waals surface area (Å²) < 4.78 is 2.06. The summed E-state index contributed by atoms with van der Waals surface area (Å²) in [4.78, 5) is 6.80. The SMILES string of the molecule is CNCCCN(C)CCc1ccc2c(c1)ncn2C. The van der Waals surface area contributed by atoms with Crippen LogP contribution in [0.4, 0.5) is 0 Å². The largest absolute Gasteiger partial charge is 0.334 e. The third-order valence-corrected chi connectivity index (χ3v) is 3.54. The van der Waals surface area contributed by atoms with E-state index < -0.39 is 0 Å². The molecular formula is C15H24N4. The van der Waals surface area contributed by atoms with Crippen LogP contribution in [0.15, 0.2) is 24.5 Å². The van der Waals surface area contributed by atoms with E-state index in [0.717, 1.165) is 31.6 Å². The van der Waals surface area contributed by atoms with Crippen molar-refractivity contribution >= 4 is 11.0 Å². The quantitative estimate of drug-likeness (QED) is 0.769. The zero-order valence-electron chi connectivity index (χ0n) is 12.2. The van der Waals surface area contributed by atoms with Crippen molar-refractivity contribution in [3.05, 3.63) is 30.1 Å². The van der Waals surface area contributed by atoms with Crippen molar-refractivity contribution < 1.29 is 0 Å². The highest BCUT2D eigenvalue weighted by atomic mass is 15.1.